The number of hydrogen-bond donors (Lipinski definition) is 0. The van der Waals surface area contributed by atoms with E-state index in [1.807, 2.05) is 0 Å². The summed E-state index contributed by atoms with van der Waals surface area (Å²) in [5.74, 6) is 1.63. The Kier molecular flexibility index (Phi) is 39.2. The molecule has 0 unspecified atom stereocenters. The van der Waals surface area contributed by atoms with Crippen molar-refractivity contribution >= 4 is 0 Å². The third kappa shape index (κ3) is 32.6. The second-order valence-corrected chi connectivity index (χ2v) is 17.3. The maximum atomic E-state index is 2.65. The molecule has 0 spiro atoms. The molecule has 0 saturated carbocycles. The summed E-state index contributed by atoms with van der Waals surface area (Å²) < 4.78 is 5.30. The van der Waals surface area contributed by atoms with Gasteiger partial charge >= 0.3 is 0 Å². The van der Waals surface area contributed by atoms with Crippen molar-refractivity contribution in [3.05, 3.63) is 18.2 Å². The highest BCUT2D eigenvalue weighted by atomic mass is 15.1. The van der Waals surface area contributed by atoms with E-state index in [9.17, 15) is 0 Å². The predicted octanol–water partition coefficient (Wildman–Crippen LogP) is 17.4. The van der Waals surface area contributed by atoms with Crippen LogP contribution in [0.1, 0.15) is 290 Å². The van der Waals surface area contributed by atoms with Crippen LogP contribution in [-0.2, 0) is 19.5 Å². The van der Waals surface area contributed by atoms with E-state index in [0.717, 1.165) is 0 Å². The minimum atomic E-state index is 1.23. The second-order valence-electron chi connectivity index (χ2n) is 17.3. The normalized spacial score (nSPS) is 11.7. The first kappa shape index (κ1) is 49.2. The smallest absolute Gasteiger partial charge is 0.234 e. The zero-order chi connectivity index (χ0) is 37.3. The minimum absolute atomic E-state index is 1.23. The second kappa shape index (κ2) is 41.4. The van der Waals surface area contributed by atoms with Gasteiger partial charge in [-0.15, -0.1) is 0 Å². The molecule has 0 aliphatic carbocycles. The van der Waals surface area contributed by atoms with Crippen LogP contribution in [0.4, 0.5) is 0 Å². The van der Waals surface area contributed by atoms with Crippen molar-refractivity contribution in [2.75, 3.05) is 0 Å². The lowest BCUT2D eigenvalue weighted by Crippen LogP contribution is -2.37. The van der Waals surface area contributed by atoms with Gasteiger partial charge in [-0.05, 0) is 32.1 Å². The molecule has 0 saturated heterocycles. The van der Waals surface area contributed by atoms with Gasteiger partial charge < -0.3 is 0 Å². The molecule has 1 aromatic heterocycles. The van der Waals surface area contributed by atoms with Crippen LogP contribution in [0.2, 0.25) is 0 Å². The van der Waals surface area contributed by atoms with Crippen molar-refractivity contribution in [2.45, 2.75) is 304 Å². The van der Waals surface area contributed by atoms with Gasteiger partial charge in [0.2, 0.25) is 0 Å². The lowest BCUT2D eigenvalue weighted by Gasteiger charge is -2.07. The van der Waals surface area contributed by atoms with Crippen molar-refractivity contribution in [2.24, 2.45) is 0 Å². The van der Waals surface area contributed by atoms with E-state index in [1.165, 1.54) is 283 Å². The van der Waals surface area contributed by atoms with Gasteiger partial charge in [0.25, 0.3) is 5.82 Å². The number of hydrogen-bond acceptors (Lipinski definition) is 0. The fourth-order valence-electron chi connectivity index (χ4n) is 8.45. The quantitative estimate of drug-likeness (QED) is 0.0467. The summed E-state index contributed by atoms with van der Waals surface area (Å²) in [5.41, 5.74) is 0. The van der Waals surface area contributed by atoms with Gasteiger partial charge in [-0.25, -0.2) is 9.13 Å². The van der Waals surface area contributed by atoms with E-state index in [0.29, 0.717) is 0 Å². The Labute approximate surface area is 329 Å². The van der Waals surface area contributed by atoms with Crippen LogP contribution in [0.5, 0.6) is 0 Å². The van der Waals surface area contributed by atoms with Crippen molar-refractivity contribution in [3.8, 4) is 0 Å². The molecule has 0 aliphatic heterocycles. The summed E-state index contributed by atoms with van der Waals surface area (Å²) >= 11 is 0. The molecular weight excluding hydrogens is 629 g/mol. The summed E-state index contributed by atoms with van der Waals surface area (Å²) in [6.45, 7) is 9.42. The highest BCUT2D eigenvalue weighted by Gasteiger charge is 2.16. The highest BCUT2D eigenvalue weighted by molar-refractivity contribution is 4.84. The molecule has 0 bridgehead atoms. The number of nitrogens with zero attached hydrogens (tertiary/aromatic N) is 2. The topological polar surface area (TPSA) is 8.81 Å². The molecule has 1 aromatic rings. The zero-order valence-electron chi connectivity index (χ0n) is 36.7. The molecule has 0 aliphatic rings. The first-order valence-electron chi connectivity index (χ1n) is 24.9. The molecule has 2 heteroatoms. The number of unbranched alkanes of at least 4 members (excludes halogenated alkanes) is 38. The average molecular weight is 728 g/mol. The number of imidazole rings is 1. The van der Waals surface area contributed by atoms with Crippen LogP contribution in [0.3, 0.4) is 0 Å². The van der Waals surface area contributed by atoms with Crippen molar-refractivity contribution < 1.29 is 4.57 Å². The third-order valence-electron chi connectivity index (χ3n) is 12.1. The largest absolute Gasteiger partial charge is 0.256 e. The molecule has 0 atom stereocenters. The van der Waals surface area contributed by atoms with Crippen LogP contribution < -0.4 is 4.57 Å². The van der Waals surface area contributed by atoms with Crippen molar-refractivity contribution in [1.29, 1.82) is 0 Å². The van der Waals surface area contributed by atoms with Gasteiger partial charge in [0.15, 0.2) is 0 Å². The fraction of sp³-hybridized carbons (Fsp3) is 0.940. The Balaban J connectivity index is 2.20. The van der Waals surface area contributed by atoms with E-state index in [-0.39, 0.29) is 0 Å². The van der Waals surface area contributed by atoms with E-state index < -0.39 is 0 Å². The van der Waals surface area contributed by atoms with Gasteiger partial charge in [0.1, 0.15) is 12.4 Å². The molecule has 1 heterocycles. The van der Waals surface area contributed by atoms with Gasteiger partial charge in [0, 0.05) is 6.42 Å². The standard InChI is InChI=1S/C50H99N2/c1-4-7-10-13-16-19-21-23-25-27-29-31-33-35-38-41-44-47-52-49-48-51(46-43-40-37-18-15-12-9-6-3)50(52)45-42-39-36-34-32-30-28-26-24-22-20-17-14-11-8-5-2/h48-49H,4-47H2,1-3H3/q+1. The van der Waals surface area contributed by atoms with Crippen LogP contribution >= 0.6 is 0 Å². The van der Waals surface area contributed by atoms with Crippen LogP contribution in [0.15, 0.2) is 12.4 Å². The maximum Gasteiger partial charge on any atom is 0.256 e. The first-order valence-corrected chi connectivity index (χ1v) is 24.9. The molecule has 52 heavy (non-hydrogen) atoms. The number of aryl methyl sites for hydroxylation is 2. The van der Waals surface area contributed by atoms with Crippen LogP contribution in [-0.4, -0.2) is 4.57 Å². The minimum Gasteiger partial charge on any atom is -0.234 e. The Morgan fingerprint density at radius 1 is 0.327 bits per heavy atom. The van der Waals surface area contributed by atoms with Gasteiger partial charge in [0.05, 0.1) is 13.1 Å². The molecule has 1 rings (SSSR count). The Hall–Kier alpha value is -0.790. The number of aromatic nitrogens is 2. The van der Waals surface area contributed by atoms with Gasteiger partial charge in [-0.3, -0.25) is 0 Å². The van der Waals surface area contributed by atoms with E-state index in [1.54, 1.807) is 5.82 Å². The summed E-state index contributed by atoms with van der Waals surface area (Å²) in [5, 5.41) is 0. The fourth-order valence-corrected chi connectivity index (χ4v) is 8.45. The lowest BCUT2D eigenvalue weighted by atomic mass is 10.0. The van der Waals surface area contributed by atoms with Gasteiger partial charge in [-0.1, -0.05) is 252 Å². The van der Waals surface area contributed by atoms with Gasteiger partial charge in [-0.2, -0.15) is 0 Å². The molecule has 0 radical (unpaired) electrons. The van der Waals surface area contributed by atoms with Crippen molar-refractivity contribution in [3.63, 3.8) is 0 Å². The molecule has 0 amide bonds. The Morgan fingerprint density at radius 2 is 0.596 bits per heavy atom. The Bertz CT molecular complexity index is 796. The average Bonchev–Trinajstić information content (AvgIpc) is 3.54. The molecule has 0 aromatic carbocycles. The molecule has 308 valence electrons. The van der Waals surface area contributed by atoms with E-state index in [2.05, 4.69) is 42.3 Å². The summed E-state index contributed by atoms with van der Waals surface area (Å²) in [4.78, 5) is 0. The first-order chi connectivity index (χ1) is 25.8. The molecular formula is C50H99N2+. The SMILES string of the molecule is CCCCCCCCCCCCCCCCCCCn1cc[n+](CCCCCCCCCC)c1CCCCCCCCCCCCCCCCCC. The number of rotatable bonds is 44. The summed E-state index contributed by atoms with van der Waals surface area (Å²) in [7, 11) is 0. The zero-order valence-corrected chi connectivity index (χ0v) is 36.7. The monoisotopic (exact) mass is 728 g/mol. The molecule has 0 fully saturated rings. The molecule has 2 nitrogen and oxygen atoms in total. The van der Waals surface area contributed by atoms with E-state index in [4.69, 9.17) is 0 Å². The molecule has 0 N–H and O–H groups in total. The van der Waals surface area contributed by atoms with Crippen LogP contribution in [0.25, 0.3) is 0 Å². The third-order valence-corrected chi connectivity index (χ3v) is 12.1. The van der Waals surface area contributed by atoms with E-state index >= 15 is 0 Å². The Morgan fingerprint density at radius 3 is 0.923 bits per heavy atom. The lowest BCUT2D eigenvalue weighted by molar-refractivity contribution is -0.704. The predicted molar refractivity (Wildman–Crippen MR) is 235 cm³/mol. The van der Waals surface area contributed by atoms with Crippen molar-refractivity contribution in [1.82, 2.24) is 4.57 Å². The highest BCUT2D eigenvalue weighted by Crippen LogP contribution is 2.17. The summed E-state index contributed by atoms with van der Waals surface area (Å²) in [6, 6.07) is 0. The maximum absolute atomic E-state index is 2.65. The summed E-state index contributed by atoms with van der Waals surface area (Å²) in [6.07, 6.45) is 65.3. The van der Waals surface area contributed by atoms with Crippen LogP contribution in [0, 0.1) is 0 Å².